The molecule has 0 unspecified atom stereocenters. The van der Waals surface area contributed by atoms with E-state index in [0.717, 1.165) is 4.47 Å². The number of nitrogens with one attached hydrogen (secondary N) is 1. The minimum atomic E-state index is -0.404. The second-order valence-electron chi connectivity index (χ2n) is 3.34. The monoisotopic (exact) mass is 359 g/mol. The Bertz CT molecular complexity index is 552. The number of carbonyl (C=O) groups is 2. The lowest BCUT2D eigenvalue weighted by molar-refractivity contribution is -0.123. The highest BCUT2D eigenvalue weighted by atomic mass is 79.9. The van der Waals surface area contributed by atoms with Crippen molar-refractivity contribution in [1.82, 2.24) is 5.32 Å². The van der Waals surface area contributed by atoms with Crippen molar-refractivity contribution in [3.05, 3.63) is 32.7 Å². The lowest BCUT2D eigenvalue weighted by atomic mass is 10.1. The first-order valence-electron chi connectivity index (χ1n) is 4.63. The molecule has 0 saturated heterocycles. The largest absolute Gasteiger partial charge is 0.496 e. The highest BCUT2D eigenvalue weighted by Gasteiger charge is 2.24. The lowest BCUT2D eigenvalue weighted by Gasteiger charge is -2.09. The van der Waals surface area contributed by atoms with E-state index in [9.17, 15) is 9.59 Å². The number of benzene rings is 1. The van der Waals surface area contributed by atoms with Crippen molar-refractivity contribution in [2.24, 2.45) is 0 Å². The van der Waals surface area contributed by atoms with E-state index in [1.165, 1.54) is 13.2 Å². The summed E-state index contributed by atoms with van der Waals surface area (Å²) in [6.45, 7) is 0. The Hall–Kier alpha value is -1.14. The first-order chi connectivity index (χ1) is 8.02. The van der Waals surface area contributed by atoms with E-state index in [1.807, 2.05) is 0 Å². The molecule has 1 aliphatic heterocycles. The smallest absolute Gasteiger partial charge is 0.258 e. The Labute approximate surface area is 114 Å². The number of hydrogen-bond donors (Lipinski definition) is 1. The molecule has 2 rings (SSSR count). The second-order valence-corrected chi connectivity index (χ2v) is 5.05. The summed E-state index contributed by atoms with van der Waals surface area (Å²) >= 11 is 6.69. The average Bonchev–Trinajstić information content (AvgIpc) is 2.58. The van der Waals surface area contributed by atoms with Gasteiger partial charge in [0.25, 0.3) is 11.8 Å². The van der Waals surface area contributed by atoms with Crippen molar-refractivity contribution >= 4 is 49.2 Å². The summed E-state index contributed by atoms with van der Waals surface area (Å²) in [5, 5.41) is 2.20. The molecule has 1 N–H and O–H groups in total. The number of amides is 2. The van der Waals surface area contributed by atoms with Crippen molar-refractivity contribution in [1.29, 1.82) is 0 Å². The Balaban J connectivity index is 2.56. The lowest BCUT2D eigenvalue weighted by Crippen LogP contribution is -2.21. The van der Waals surface area contributed by atoms with E-state index in [1.54, 1.807) is 12.1 Å². The minimum absolute atomic E-state index is 0.327. The van der Waals surface area contributed by atoms with Gasteiger partial charge in [0.2, 0.25) is 0 Å². The molecule has 17 heavy (non-hydrogen) atoms. The summed E-state index contributed by atoms with van der Waals surface area (Å²) in [7, 11) is 1.53. The Morgan fingerprint density at radius 1 is 1.18 bits per heavy atom. The molecule has 0 fully saturated rings. The number of imide groups is 1. The van der Waals surface area contributed by atoms with Crippen molar-refractivity contribution in [3.8, 4) is 5.75 Å². The van der Waals surface area contributed by atoms with Gasteiger partial charge in [-0.2, -0.15) is 0 Å². The highest BCUT2D eigenvalue weighted by Crippen LogP contribution is 2.35. The van der Waals surface area contributed by atoms with E-state index in [4.69, 9.17) is 4.74 Å². The molecule has 0 aromatic heterocycles. The number of ether oxygens (including phenoxy) is 1. The van der Waals surface area contributed by atoms with Crippen LogP contribution in [0.25, 0.3) is 5.57 Å². The van der Waals surface area contributed by atoms with E-state index in [0.29, 0.717) is 21.4 Å². The predicted octanol–water partition coefficient (Wildman–Crippen LogP) is 2.26. The molecule has 0 bridgehead atoms. The average molecular weight is 361 g/mol. The van der Waals surface area contributed by atoms with Gasteiger partial charge in [-0.05, 0) is 28.1 Å². The van der Waals surface area contributed by atoms with Crippen LogP contribution in [0, 0.1) is 0 Å². The Morgan fingerprint density at radius 2 is 1.88 bits per heavy atom. The van der Waals surface area contributed by atoms with E-state index in [2.05, 4.69) is 37.2 Å². The molecule has 0 spiro atoms. The Morgan fingerprint density at radius 3 is 2.41 bits per heavy atom. The third kappa shape index (κ3) is 2.28. The minimum Gasteiger partial charge on any atom is -0.496 e. The van der Waals surface area contributed by atoms with Gasteiger partial charge in [-0.15, -0.1) is 0 Å². The van der Waals surface area contributed by atoms with Gasteiger partial charge in [-0.3, -0.25) is 14.9 Å². The van der Waals surface area contributed by atoms with E-state index in [-0.39, 0.29) is 0 Å². The molecule has 0 radical (unpaired) electrons. The summed E-state index contributed by atoms with van der Waals surface area (Å²) in [6.07, 6.45) is 1.27. The first-order valence-corrected chi connectivity index (χ1v) is 6.22. The zero-order chi connectivity index (χ0) is 12.6. The van der Waals surface area contributed by atoms with Crippen LogP contribution >= 0.6 is 31.9 Å². The summed E-state index contributed by atoms with van der Waals surface area (Å²) in [5.74, 6) is -0.213. The molecule has 0 saturated carbocycles. The number of methoxy groups -OCH3 is 1. The van der Waals surface area contributed by atoms with Crippen LogP contribution in [0.4, 0.5) is 0 Å². The standard InChI is InChI=1S/C11H7Br2NO3/c1-17-9-2-5(7(12)4-8(9)13)6-3-10(15)14-11(6)16/h2-4H,1H3,(H,14,15,16). The van der Waals surface area contributed by atoms with Crippen LogP contribution in [-0.2, 0) is 9.59 Å². The van der Waals surface area contributed by atoms with Crippen LogP contribution in [0.5, 0.6) is 5.75 Å². The van der Waals surface area contributed by atoms with Crippen LogP contribution in [0.15, 0.2) is 27.2 Å². The molecular weight excluding hydrogens is 354 g/mol. The number of rotatable bonds is 2. The van der Waals surface area contributed by atoms with Crippen molar-refractivity contribution in [3.63, 3.8) is 0 Å². The van der Waals surface area contributed by atoms with Gasteiger partial charge < -0.3 is 4.74 Å². The van der Waals surface area contributed by atoms with Crippen LogP contribution < -0.4 is 10.1 Å². The van der Waals surface area contributed by atoms with Crippen LogP contribution in [0.3, 0.4) is 0 Å². The summed E-state index contributed by atoms with van der Waals surface area (Å²) in [6, 6.07) is 3.46. The fraction of sp³-hybridized carbons (Fsp3) is 0.0909. The zero-order valence-corrected chi connectivity index (χ0v) is 11.9. The molecule has 2 amide bonds. The van der Waals surface area contributed by atoms with E-state index >= 15 is 0 Å². The van der Waals surface area contributed by atoms with Gasteiger partial charge in [0.1, 0.15) is 5.75 Å². The fourth-order valence-corrected chi connectivity index (χ4v) is 2.87. The quantitative estimate of drug-likeness (QED) is 0.823. The molecule has 1 aliphatic rings. The molecule has 1 heterocycles. The molecule has 4 nitrogen and oxygen atoms in total. The van der Waals surface area contributed by atoms with Crippen molar-refractivity contribution in [2.45, 2.75) is 0 Å². The summed E-state index contributed by atoms with van der Waals surface area (Å²) in [5.41, 5.74) is 0.945. The van der Waals surface area contributed by atoms with Crippen molar-refractivity contribution < 1.29 is 14.3 Å². The molecule has 1 aromatic carbocycles. The molecule has 6 heteroatoms. The molecule has 1 aromatic rings. The number of hydrogen-bond acceptors (Lipinski definition) is 3. The molecule has 0 atom stereocenters. The summed E-state index contributed by atoms with van der Waals surface area (Å²) < 4.78 is 6.63. The third-order valence-corrected chi connectivity index (χ3v) is 3.56. The molecular formula is C11H7Br2NO3. The van der Waals surface area contributed by atoms with Crippen LogP contribution in [-0.4, -0.2) is 18.9 Å². The van der Waals surface area contributed by atoms with E-state index < -0.39 is 11.8 Å². The van der Waals surface area contributed by atoms with Crippen molar-refractivity contribution in [2.75, 3.05) is 7.11 Å². The third-order valence-electron chi connectivity index (χ3n) is 2.29. The SMILES string of the molecule is COc1cc(C2=CC(=O)NC2=O)c(Br)cc1Br. The van der Waals surface area contributed by atoms with Gasteiger partial charge in [0, 0.05) is 16.1 Å². The predicted molar refractivity (Wildman–Crippen MR) is 69.5 cm³/mol. The maximum absolute atomic E-state index is 11.5. The summed E-state index contributed by atoms with van der Waals surface area (Å²) in [4.78, 5) is 22.7. The van der Waals surface area contributed by atoms with Gasteiger partial charge in [0.15, 0.2) is 0 Å². The van der Waals surface area contributed by atoms with Crippen LogP contribution in [0.2, 0.25) is 0 Å². The highest BCUT2D eigenvalue weighted by molar-refractivity contribution is 9.11. The van der Waals surface area contributed by atoms with Gasteiger partial charge in [-0.1, -0.05) is 15.9 Å². The maximum Gasteiger partial charge on any atom is 0.258 e. The second kappa shape index (κ2) is 4.62. The van der Waals surface area contributed by atoms with Crippen LogP contribution in [0.1, 0.15) is 5.56 Å². The topological polar surface area (TPSA) is 55.4 Å². The fourth-order valence-electron chi connectivity index (χ4n) is 1.50. The first kappa shape index (κ1) is 12.3. The number of halogens is 2. The number of carbonyl (C=O) groups excluding carboxylic acids is 2. The Kier molecular flexibility index (Phi) is 3.35. The van der Waals surface area contributed by atoms with Gasteiger partial charge >= 0.3 is 0 Å². The molecule has 88 valence electrons. The normalized spacial score (nSPS) is 14.6. The van der Waals surface area contributed by atoms with Gasteiger partial charge in [0.05, 0.1) is 17.2 Å². The zero-order valence-electron chi connectivity index (χ0n) is 8.71. The van der Waals surface area contributed by atoms with Gasteiger partial charge in [-0.25, -0.2) is 0 Å². The molecule has 0 aliphatic carbocycles. The maximum atomic E-state index is 11.5.